The van der Waals surface area contributed by atoms with E-state index in [1.807, 2.05) is 50.2 Å². The first kappa shape index (κ1) is 22.6. The lowest BCUT2D eigenvalue weighted by Crippen LogP contribution is -2.30. The first-order valence-electron chi connectivity index (χ1n) is 9.26. The van der Waals surface area contributed by atoms with Crippen molar-refractivity contribution in [1.29, 1.82) is 0 Å². The van der Waals surface area contributed by atoms with Crippen LogP contribution in [0.1, 0.15) is 16.7 Å². The van der Waals surface area contributed by atoms with Crippen molar-refractivity contribution in [2.24, 2.45) is 0 Å². The van der Waals surface area contributed by atoms with Crippen molar-refractivity contribution in [3.63, 3.8) is 0 Å². The molecule has 0 aliphatic heterocycles. The summed E-state index contributed by atoms with van der Waals surface area (Å²) in [6.07, 6.45) is 0.628. The Morgan fingerprint density at radius 3 is 2.41 bits per heavy atom. The molecule has 2 aromatic rings. The molecule has 0 fully saturated rings. The van der Waals surface area contributed by atoms with Gasteiger partial charge in [0.25, 0.3) is 5.91 Å². The van der Waals surface area contributed by atoms with Gasteiger partial charge in [0, 0.05) is 11.4 Å². The quantitative estimate of drug-likeness (QED) is 0.472. The van der Waals surface area contributed by atoms with Crippen LogP contribution in [0.4, 0.5) is 0 Å². The molecule has 1 amide bonds. The Hall–Kier alpha value is -2.67. The maximum atomic E-state index is 11.9. The third-order valence-electron chi connectivity index (χ3n) is 4.38. The topological polar surface area (TPSA) is 73.9 Å². The lowest BCUT2D eigenvalue weighted by molar-refractivity contribution is -0.145. The lowest BCUT2D eigenvalue weighted by atomic mass is 10.1. The Morgan fingerprint density at radius 2 is 1.72 bits per heavy atom. The fourth-order valence-corrected chi connectivity index (χ4v) is 3.36. The smallest absolute Gasteiger partial charge is 0.316 e. The molecule has 0 saturated heterocycles. The van der Waals surface area contributed by atoms with Gasteiger partial charge in [-0.3, -0.25) is 9.59 Å². The number of benzene rings is 2. The molecule has 2 rings (SSSR count). The minimum atomic E-state index is -0.414. The number of thioether (sulfide) groups is 1. The van der Waals surface area contributed by atoms with E-state index in [9.17, 15) is 9.59 Å². The van der Waals surface area contributed by atoms with E-state index in [1.165, 1.54) is 22.9 Å². The zero-order valence-corrected chi connectivity index (χ0v) is 18.1. The zero-order valence-electron chi connectivity index (χ0n) is 17.2. The Balaban J connectivity index is 1.67. The highest BCUT2D eigenvalue weighted by atomic mass is 32.2. The van der Waals surface area contributed by atoms with E-state index < -0.39 is 5.97 Å². The highest BCUT2D eigenvalue weighted by molar-refractivity contribution is 8.00. The van der Waals surface area contributed by atoms with E-state index in [0.29, 0.717) is 24.5 Å². The van der Waals surface area contributed by atoms with Gasteiger partial charge in [-0.25, -0.2) is 0 Å². The van der Waals surface area contributed by atoms with Crippen LogP contribution in [-0.2, 0) is 20.7 Å². The van der Waals surface area contributed by atoms with Gasteiger partial charge in [0.15, 0.2) is 18.1 Å². The molecule has 0 aromatic heterocycles. The molecule has 0 heterocycles. The second-order valence-electron chi connectivity index (χ2n) is 6.48. The maximum Gasteiger partial charge on any atom is 0.316 e. The number of nitrogens with one attached hydrogen (secondary N) is 1. The van der Waals surface area contributed by atoms with E-state index in [-0.39, 0.29) is 18.3 Å². The normalized spacial score (nSPS) is 10.3. The van der Waals surface area contributed by atoms with Gasteiger partial charge < -0.3 is 19.5 Å². The van der Waals surface area contributed by atoms with Gasteiger partial charge in [-0.05, 0) is 61.2 Å². The molecule has 0 bridgehead atoms. The number of rotatable bonds is 10. The number of methoxy groups -OCH3 is 2. The summed E-state index contributed by atoms with van der Waals surface area (Å²) in [6, 6.07) is 11.6. The third-order valence-corrected chi connectivity index (χ3v) is 5.35. The average Bonchev–Trinajstić information content (AvgIpc) is 2.72. The molecular formula is C22H27NO5S. The van der Waals surface area contributed by atoms with Crippen LogP contribution in [-0.4, -0.2) is 45.0 Å². The Morgan fingerprint density at radius 1 is 0.966 bits per heavy atom. The van der Waals surface area contributed by atoms with Crippen molar-refractivity contribution in [2.75, 3.05) is 33.1 Å². The first-order valence-corrected chi connectivity index (χ1v) is 10.2. The van der Waals surface area contributed by atoms with Crippen molar-refractivity contribution < 1.29 is 23.8 Å². The summed E-state index contributed by atoms with van der Waals surface area (Å²) in [4.78, 5) is 24.7. The van der Waals surface area contributed by atoms with E-state index in [4.69, 9.17) is 14.2 Å². The van der Waals surface area contributed by atoms with Crippen molar-refractivity contribution >= 4 is 23.6 Å². The Kier molecular flexibility index (Phi) is 8.86. The molecule has 0 aliphatic rings. The molecule has 6 nitrogen and oxygen atoms in total. The van der Waals surface area contributed by atoms with Gasteiger partial charge in [0.1, 0.15) is 0 Å². The minimum absolute atomic E-state index is 0.168. The second-order valence-corrected chi connectivity index (χ2v) is 7.53. The van der Waals surface area contributed by atoms with E-state index >= 15 is 0 Å². The van der Waals surface area contributed by atoms with Crippen LogP contribution in [0, 0.1) is 13.8 Å². The summed E-state index contributed by atoms with van der Waals surface area (Å²) in [5.41, 5.74) is 3.39. The van der Waals surface area contributed by atoms with Crippen LogP contribution >= 0.6 is 11.8 Å². The molecule has 29 heavy (non-hydrogen) atoms. The number of ether oxygens (including phenoxy) is 3. The molecule has 2 aromatic carbocycles. The third kappa shape index (κ3) is 7.34. The molecule has 0 radical (unpaired) electrons. The first-order chi connectivity index (χ1) is 13.9. The number of hydrogen-bond donors (Lipinski definition) is 1. The van der Waals surface area contributed by atoms with Crippen LogP contribution in [0.25, 0.3) is 0 Å². The van der Waals surface area contributed by atoms with E-state index in [2.05, 4.69) is 5.32 Å². The standard InChI is InChI=1S/C22H27NO5S/c1-15-5-7-18(11-16(15)2)29-14-22(25)28-13-21(24)23-10-9-17-6-8-19(26-3)20(12-17)27-4/h5-8,11-12H,9-10,13-14H2,1-4H3,(H,23,24). The fourth-order valence-electron chi connectivity index (χ4n) is 2.57. The molecule has 1 N–H and O–H groups in total. The number of hydrogen-bond acceptors (Lipinski definition) is 6. The number of esters is 1. The van der Waals surface area contributed by atoms with Crippen molar-refractivity contribution in [3.8, 4) is 11.5 Å². The van der Waals surface area contributed by atoms with Crippen LogP contribution in [0.2, 0.25) is 0 Å². The fraction of sp³-hybridized carbons (Fsp3) is 0.364. The van der Waals surface area contributed by atoms with Gasteiger partial charge in [-0.15, -0.1) is 11.8 Å². The summed E-state index contributed by atoms with van der Waals surface area (Å²) < 4.78 is 15.5. The number of aryl methyl sites for hydroxylation is 2. The molecule has 0 unspecified atom stereocenters. The Labute approximate surface area is 175 Å². The predicted octanol–water partition coefficient (Wildman–Crippen LogP) is 3.31. The molecule has 0 atom stereocenters. The molecule has 0 aliphatic carbocycles. The molecule has 156 valence electrons. The average molecular weight is 418 g/mol. The number of amides is 1. The predicted molar refractivity (Wildman–Crippen MR) is 114 cm³/mol. The molecule has 7 heteroatoms. The van der Waals surface area contributed by atoms with Gasteiger partial charge in [-0.2, -0.15) is 0 Å². The summed E-state index contributed by atoms with van der Waals surface area (Å²) >= 11 is 1.40. The highest BCUT2D eigenvalue weighted by Gasteiger charge is 2.09. The maximum absolute atomic E-state index is 11.9. The van der Waals surface area contributed by atoms with Crippen molar-refractivity contribution in [1.82, 2.24) is 5.32 Å². The molecular weight excluding hydrogens is 390 g/mol. The van der Waals surface area contributed by atoms with E-state index in [1.54, 1.807) is 14.2 Å². The lowest BCUT2D eigenvalue weighted by Gasteiger charge is -2.10. The van der Waals surface area contributed by atoms with Crippen LogP contribution < -0.4 is 14.8 Å². The van der Waals surface area contributed by atoms with Gasteiger partial charge in [0.2, 0.25) is 0 Å². The highest BCUT2D eigenvalue weighted by Crippen LogP contribution is 2.27. The monoisotopic (exact) mass is 417 g/mol. The van der Waals surface area contributed by atoms with Crippen LogP contribution in [0.3, 0.4) is 0 Å². The molecule has 0 saturated carbocycles. The summed E-state index contributed by atoms with van der Waals surface area (Å²) in [6.45, 7) is 4.23. The van der Waals surface area contributed by atoms with Gasteiger partial charge >= 0.3 is 5.97 Å². The largest absolute Gasteiger partial charge is 0.493 e. The Bertz CT molecular complexity index is 853. The molecule has 0 spiro atoms. The van der Waals surface area contributed by atoms with Crippen LogP contribution in [0.5, 0.6) is 11.5 Å². The van der Waals surface area contributed by atoms with Crippen molar-refractivity contribution in [2.45, 2.75) is 25.2 Å². The zero-order chi connectivity index (χ0) is 21.2. The summed E-state index contributed by atoms with van der Waals surface area (Å²) in [7, 11) is 3.16. The number of carbonyl (C=O) groups is 2. The summed E-state index contributed by atoms with van der Waals surface area (Å²) in [5.74, 6) is 0.734. The van der Waals surface area contributed by atoms with Crippen LogP contribution in [0.15, 0.2) is 41.3 Å². The summed E-state index contributed by atoms with van der Waals surface area (Å²) in [5, 5.41) is 2.75. The SMILES string of the molecule is COc1ccc(CCNC(=O)COC(=O)CSc2ccc(C)c(C)c2)cc1OC. The van der Waals surface area contributed by atoms with Crippen molar-refractivity contribution in [3.05, 3.63) is 53.1 Å². The van der Waals surface area contributed by atoms with E-state index in [0.717, 1.165) is 10.5 Å². The minimum Gasteiger partial charge on any atom is -0.493 e. The van der Waals surface area contributed by atoms with Gasteiger partial charge in [0.05, 0.1) is 20.0 Å². The number of carbonyl (C=O) groups excluding carboxylic acids is 2. The van der Waals surface area contributed by atoms with Gasteiger partial charge in [-0.1, -0.05) is 12.1 Å². The second kappa shape index (κ2) is 11.4.